The van der Waals surface area contributed by atoms with Crippen molar-refractivity contribution < 1.29 is 23.9 Å². The zero-order valence-corrected chi connectivity index (χ0v) is 14.9. The van der Waals surface area contributed by atoms with Crippen molar-refractivity contribution in [3.8, 4) is 17.0 Å². The molecule has 4 rings (SSSR count). The van der Waals surface area contributed by atoms with Gasteiger partial charge in [0.25, 0.3) is 11.8 Å². The van der Waals surface area contributed by atoms with Crippen LogP contribution in [0.4, 0.5) is 4.79 Å². The zero-order valence-electron chi connectivity index (χ0n) is 14.9. The summed E-state index contributed by atoms with van der Waals surface area (Å²) >= 11 is 0. The molecule has 140 valence electrons. The minimum atomic E-state index is -0.641. The van der Waals surface area contributed by atoms with E-state index < -0.39 is 6.09 Å². The van der Waals surface area contributed by atoms with Gasteiger partial charge < -0.3 is 14.4 Å². The molecule has 9 heteroatoms. The van der Waals surface area contributed by atoms with Gasteiger partial charge >= 0.3 is 6.09 Å². The fourth-order valence-corrected chi connectivity index (χ4v) is 3.25. The lowest BCUT2D eigenvalue weighted by atomic mass is 10.1. The topological polar surface area (TPSA) is 94.0 Å². The summed E-state index contributed by atoms with van der Waals surface area (Å²) in [6.45, 7) is 0.355. The molecule has 0 bridgehead atoms. The van der Waals surface area contributed by atoms with Gasteiger partial charge in [0.1, 0.15) is 11.4 Å². The normalized spacial score (nSPS) is 17.1. The molecule has 2 aliphatic rings. The molecule has 2 aromatic rings. The summed E-state index contributed by atoms with van der Waals surface area (Å²) in [7, 11) is 3.29. The van der Waals surface area contributed by atoms with Crippen LogP contribution in [0.15, 0.2) is 30.3 Å². The molecule has 0 spiro atoms. The maximum absolute atomic E-state index is 12.8. The van der Waals surface area contributed by atoms with Gasteiger partial charge in [-0.3, -0.25) is 14.3 Å². The lowest BCUT2D eigenvalue weighted by molar-refractivity contribution is -0.129. The second kappa shape index (κ2) is 6.42. The molecular weight excluding hydrogens is 352 g/mol. The van der Waals surface area contributed by atoms with E-state index in [1.54, 1.807) is 25.1 Å². The van der Waals surface area contributed by atoms with E-state index in [1.165, 1.54) is 4.68 Å². The third kappa shape index (κ3) is 2.90. The number of hydrogen-bond donors (Lipinski definition) is 0. The Hall–Kier alpha value is -3.36. The summed E-state index contributed by atoms with van der Waals surface area (Å²) in [5, 5.41) is 4.41. The predicted molar refractivity (Wildman–Crippen MR) is 93.1 cm³/mol. The molecule has 3 heterocycles. The van der Waals surface area contributed by atoms with Crippen molar-refractivity contribution in [3.05, 3.63) is 36.0 Å². The van der Waals surface area contributed by atoms with Gasteiger partial charge in [0.2, 0.25) is 0 Å². The maximum atomic E-state index is 12.8. The molecule has 0 atom stereocenters. The number of likely N-dealkylation sites (tertiary alicyclic amines) is 1. The number of aryl methyl sites for hydroxylation is 1. The number of nitrogens with zero attached hydrogens (tertiary/aromatic N) is 4. The molecule has 2 saturated heterocycles. The molecule has 0 N–H and O–H groups in total. The molecule has 2 aliphatic heterocycles. The minimum Gasteiger partial charge on any atom is -0.497 e. The Labute approximate surface area is 155 Å². The molecule has 3 amide bonds. The quantitative estimate of drug-likeness (QED) is 0.794. The summed E-state index contributed by atoms with van der Waals surface area (Å²) in [5.41, 5.74) is 1.94. The van der Waals surface area contributed by atoms with Crippen LogP contribution in [0, 0.1) is 0 Å². The number of ether oxygens (including phenoxy) is 2. The number of rotatable bonds is 4. The van der Waals surface area contributed by atoms with Crippen LogP contribution >= 0.6 is 0 Å². The zero-order chi connectivity index (χ0) is 19.1. The average Bonchev–Trinajstić information content (AvgIpc) is 3.17. The highest BCUT2D eigenvalue weighted by atomic mass is 16.6. The van der Waals surface area contributed by atoms with E-state index in [2.05, 4.69) is 5.10 Å². The number of cyclic esters (lactones) is 1. The largest absolute Gasteiger partial charge is 0.497 e. The second-order valence-electron chi connectivity index (χ2n) is 6.45. The van der Waals surface area contributed by atoms with Crippen LogP contribution in [0.5, 0.6) is 5.75 Å². The fraction of sp³-hybridized carbons (Fsp3) is 0.333. The van der Waals surface area contributed by atoms with Crippen molar-refractivity contribution in [2.75, 3.05) is 26.8 Å². The van der Waals surface area contributed by atoms with Crippen LogP contribution in [0.2, 0.25) is 0 Å². The number of amides is 3. The molecule has 2 fully saturated rings. The predicted octanol–water partition coefficient (Wildman–Crippen LogP) is 0.899. The summed E-state index contributed by atoms with van der Waals surface area (Å²) in [6.07, 6.45) is -0.641. The van der Waals surface area contributed by atoms with Crippen LogP contribution in [0.3, 0.4) is 0 Å². The number of aromatic nitrogens is 2. The maximum Gasteiger partial charge on any atom is 0.417 e. The highest BCUT2D eigenvalue weighted by Gasteiger charge is 2.44. The van der Waals surface area contributed by atoms with Crippen molar-refractivity contribution in [3.63, 3.8) is 0 Å². The van der Waals surface area contributed by atoms with Crippen LogP contribution < -0.4 is 4.74 Å². The number of carbonyl (C=O) groups excluding carboxylic acids is 3. The fourth-order valence-electron chi connectivity index (χ4n) is 3.25. The lowest BCUT2D eigenvalue weighted by Gasteiger charge is -2.41. The Morgan fingerprint density at radius 1 is 1.26 bits per heavy atom. The van der Waals surface area contributed by atoms with Crippen LogP contribution in [0.25, 0.3) is 11.3 Å². The number of carbonyl (C=O) groups is 3. The number of methoxy groups -OCH3 is 1. The molecule has 0 radical (unpaired) electrons. The third-order valence-electron chi connectivity index (χ3n) is 4.76. The third-order valence-corrected chi connectivity index (χ3v) is 4.76. The monoisotopic (exact) mass is 370 g/mol. The van der Waals surface area contributed by atoms with E-state index in [1.807, 2.05) is 24.3 Å². The van der Waals surface area contributed by atoms with Gasteiger partial charge in [0, 0.05) is 25.7 Å². The van der Waals surface area contributed by atoms with E-state index in [4.69, 9.17) is 9.47 Å². The van der Waals surface area contributed by atoms with E-state index in [0.29, 0.717) is 30.2 Å². The highest BCUT2D eigenvalue weighted by molar-refractivity contribution is 5.99. The Morgan fingerprint density at radius 2 is 2.04 bits per heavy atom. The summed E-state index contributed by atoms with van der Waals surface area (Å²) in [4.78, 5) is 38.7. The van der Waals surface area contributed by atoms with Gasteiger partial charge in [0.15, 0.2) is 6.61 Å². The first-order valence-corrected chi connectivity index (χ1v) is 8.44. The van der Waals surface area contributed by atoms with Crippen molar-refractivity contribution in [1.29, 1.82) is 0 Å². The summed E-state index contributed by atoms with van der Waals surface area (Å²) in [5.74, 6) is 0.145. The Balaban J connectivity index is 1.48. The smallest absolute Gasteiger partial charge is 0.417 e. The Kier molecular flexibility index (Phi) is 4.06. The standard InChI is InChI=1S/C18H18N4O5/c1-20-15(7-14(19-20)11-4-3-5-13(6-11)26-2)17(24)21-8-12(9-21)22-16(23)10-27-18(22)25/h3-7,12H,8-10H2,1-2H3. The number of hydrogen-bond acceptors (Lipinski definition) is 6. The molecule has 9 nitrogen and oxygen atoms in total. The van der Waals surface area contributed by atoms with Gasteiger partial charge in [-0.05, 0) is 18.2 Å². The first kappa shape index (κ1) is 17.1. The van der Waals surface area contributed by atoms with Crippen LogP contribution in [-0.2, 0) is 16.6 Å². The van der Waals surface area contributed by atoms with Gasteiger partial charge in [-0.1, -0.05) is 12.1 Å². The SMILES string of the molecule is COc1cccc(-c2cc(C(=O)N3CC(N4C(=O)COC4=O)C3)n(C)n2)c1. The van der Waals surface area contributed by atoms with E-state index >= 15 is 0 Å². The minimum absolute atomic E-state index is 0.199. The van der Waals surface area contributed by atoms with Crippen molar-refractivity contribution in [2.45, 2.75) is 6.04 Å². The molecule has 0 saturated carbocycles. The van der Waals surface area contributed by atoms with Crippen LogP contribution in [0.1, 0.15) is 10.5 Å². The van der Waals surface area contributed by atoms with E-state index in [0.717, 1.165) is 10.5 Å². The van der Waals surface area contributed by atoms with Crippen molar-refractivity contribution >= 4 is 17.9 Å². The lowest BCUT2D eigenvalue weighted by Crippen LogP contribution is -2.62. The Morgan fingerprint density at radius 3 is 2.70 bits per heavy atom. The van der Waals surface area contributed by atoms with Gasteiger partial charge in [-0.2, -0.15) is 5.10 Å². The van der Waals surface area contributed by atoms with Gasteiger partial charge in [0.05, 0.1) is 18.8 Å². The highest BCUT2D eigenvalue weighted by Crippen LogP contribution is 2.26. The molecule has 27 heavy (non-hydrogen) atoms. The second-order valence-corrected chi connectivity index (χ2v) is 6.45. The van der Waals surface area contributed by atoms with Gasteiger partial charge in [-0.15, -0.1) is 0 Å². The molecule has 1 aromatic carbocycles. The van der Waals surface area contributed by atoms with Crippen molar-refractivity contribution in [1.82, 2.24) is 19.6 Å². The molecule has 1 aromatic heterocycles. The molecule has 0 unspecified atom stereocenters. The van der Waals surface area contributed by atoms with Crippen LogP contribution in [-0.4, -0.2) is 70.3 Å². The number of benzene rings is 1. The van der Waals surface area contributed by atoms with E-state index in [9.17, 15) is 14.4 Å². The first-order chi connectivity index (χ1) is 13.0. The summed E-state index contributed by atoms with van der Waals surface area (Å²) in [6, 6.07) is 8.83. The Bertz CT molecular complexity index is 916. The molecule has 0 aliphatic carbocycles. The molecular formula is C18H18N4O5. The number of imide groups is 1. The van der Waals surface area contributed by atoms with E-state index in [-0.39, 0.29) is 24.5 Å². The van der Waals surface area contributed by atoms with Gasteiger partial charge in [-0.25, -0.2) is 9.69 Å². The average molecular weight is 370 g/mol. The van der Waals surface area contributed by atoms with Crippen molar-refractivity contribution in [2.24, 2.45) is 7.05 Å². The summed E-state index contributed by atoms with van der Waals surface area (Å²) < 4.78 is 11.5. The first-order valence-electron chi connectivity index (χ1n) is 8.44.